The van der Waals surface area contributed by atoms with Crippen molar-refractivity contribution in [2.24, 2.45) is 45.3 Å². The van der Waals surface area contributed by atoms with Gasteiger partial charge < -0.3 is 89.7 Å². The normalized spacial score (nSPS) is 51.6. The van der Waals surface area contributed by atoms with Gasteiger partial charge in [0.2, 0.25) is 0 Å². The molecule has 0 spiro atoms. The molecule has 19 heteroatoms. The second-order valence-electron chi connectivity index (χ2n) is 22.9. The fraction of sp³-hybridized carbons (Fsp3) is 0.958. The van der Waals surface area contributed by atoms with Gasteiger partial charge >= 0.3 is 21.1 Å². The fourth-order valence-electron chi connectivity index (χ4n) is 14.9. The molecule has 7 aliphatic rings. The van der Waals surface area contributed by atoms with Gasteiger partial charge in [-0.2, -0.15) is 0 Å². The van der Waals surface area contributed by atoms with Crippen LogP contribution in [-0.4, -0.2) is 191 Å². The fourth-order valence-corrected chi connectivity index (χ4v) is 14.9. The molecule has 18 nitrogen and oxygen atoms in total. The third kappa shape index (κ3) is 9.60. The zero-order valence-corrected chi connectivity index (χ0v) is 42.6. The Balaban J connectivity index is 0.00000741. The van der Waals surface area contributed by atoms with Crippen LogP contribution in [0.25, 0.3) is 0 Å². The molecule has 12 N–H and O–H groups in total. The van der Waals surface area contributed by atoms with Gasteiger partial charge in [0.05, 0.1) is 37.6 Å². The standard InChI is InChI=1S/C48H82O18.Pt/c1-22(2)10-9-14-48(8,66-42-39(60)36(57)33(54)26(20-50)62-42)23-11-16-47(7)31(23)24(52)18-29-45(5)15-13-30(44(3,4)28(45)12-17-46(29,47)6)64-43-40(37(58)34(55)27(21-51)63-43)65-41-38(59)35(56)32(53)25(19-49)61-41;/h10,23-43,49-60H,9,11-21H2,1-8H3;/q;+4/t23-,24+,25+,26+,27+,28-,29?,30-,31?,32+,33+,34+,35-,36-,37-,38+,39+,40+,41-,42-,43-,45-,46+,47+,48-;/m0./s1. The van der Waals surface area contributed by atoms with Crippen LogP contribution >= 0.6 is 0 Å². The van der Waals surface area contributed by atoms with Crippen LogP contribution in [0, 0.1) is 45.3 Å². The molecular weight excluding hydrogens is 1060 g/mol. The average Bonchev–Trinajstić information content (AvgIpc) is 3.65. The summed E-state index contributed by atoms with van der Waals surface area (Å²) in [4.78, 5) is 0. The van der Waals surface area contributed by atoms with Crippen LogP contribution in [-0.2, 0) is 49.5 Å². The summed E-state index contributed by atoms with van der Waals surface area (Å²) in [6, 6.07) is 0. The van der Waals surface area contributed by atoms with Crippen molar-refractivity contribution in [1.82, 2.24) is 0 Å². The largest absolute Gasteiger partial charge is 4.00 e. The predicted octanol–water partition coefficient (Wildman–Crippen LogP) is -0.0293. The molecule has 0 aromatic carbocycles. The van der Waals surface area contributed by atoms with E-state index in [2.05, 4.69) is 40.7 Å². The number of aliphatic hydroxyl groups excluding tert-OH is 12. The van der Waals surface area contributed by atoms with Crippen molar-refractivity contribution in [3.8, 4) is 0 Å². The van der Waals surface area contributed by atoms with Gasteiger partial charge in [0.15, 0.2) is 18.9 Å². The van der Waals surface area contributed by atoms with Gasteiger partial charge in [0, 0.05) is 0 Å². The van der Waals surface area contributed by atoms with Crippen molar-refractivity contribution in [3.05, 3.63) is 11.6 Å². The Morgan fingerprint density at radius 3 is 1.70 bits per heavy atom. The van der Waals surface area contributed by atoms with Gasteiger partial charge in [-0.3, -0.25) is 0 Å². The molecule has 25 atom stereocenters. The van der Waals surface area contributed by atoms with Gasteiger partial charge in [0.1, 0.15) is 73.2 Å². The summed E-state index contributed by atoms with van der Waals surface area (Å²) in [7, 11) is 0. The van der Waals surface area contributed by atoms with Crippen LogP contribution in [0.5, 0.6) is 0 Å². The number of hydrogen-bond donors (Lipinski definition) is 12. The molecule has 388 valence electrons. The first kappa shape index (κ1) is 56.0. The maximum Gasteiger partial charge on any atom is 4.00 e. The first-order chi connectivity index (χ1) is 30.8. The number of allylic oxidation sites excluding steroid dienone is 2. The van der Waals surface area contributed by atoms with E-state index in [9.17, 15) is 61.3 Å². The Hall–Kier alpha value is -0.292. The second-order valence-corrected chi connectivity index (χ2v) is 22.9. The molecular formula is C48H82O18Pt+4. The average molecular weight is 1140 g/mol. The molecule has 3 saturated heterocycles. The summed E-state index contributed by atoms with van der Waals surface area (Å²) in [5.74, 6) is -0.151. The summed E-state index contributed by atoms with van der Waals surface area (Å²) in [6.45, 7) is 15.5. The van der Waals surface area contributed by atoms with Crippen molar-refractivity contribution in [2.45, 2.75) is 223 Å². The van der Waals surface area contributed by atoms with Crippen LogP contribution in [0.15, 0.2) is 11.6 Å². The van der Waals surface area contributed by atoms with Crippen molar-refractivity contribution < 1.29 is 111 Å². The Morgan fingerprint density at radius 1 is 0.612 bits per heavy atom. The first-order valence-corrected chi connectivity index (χ1v) is 24.4. The number of hydrogen-bond acceptors (Lipinski definition) is 18. The molecule has 4 saturated carbocycles. The molecule has 0 amide bonds. The molecule has 4 aliphatic carbocycles. The zero-order chi connectivity index (χ0) is 48.6. The summed E-state index contributed by atoms with van der Waals surface area (Å²) >= 11 is 0. The Kier molecular flexibility index (Phi) is 17.5. The third-order valence-corrected chi connectivity index (χ3v) is 18.8. The van der Waals surface area contributed by atoms with Crippen LogP contribution in [0.1, 0.15) is 113 Å². The van der Waals surface area contributed by atoms with E-state index >= 15 is 0 Å². The molecule has 7 fully saturated rings. The molecule has 0 bridgehead atoms. The van der Waals surface area contributed by atoms with Crippen molar-refractivity contribution in [2.75, 3.05) is 19.8 Å². The third-order valence-electron chi connectivity index (χ3n) is 18.8. The molecule has 7 rings (SSSR count). The Morgan fingerprint density at radius 2 is 1.13 bits per heavy atom. The molecule has 0 aromatic rings. The van der Waals surface area contributed by atoms with Crippen molar-refractivity contribution in [1.29, 1.82) is 0 Å². The number of rotatable bonds is 13. The van der Waals surface area contributed by atoms with E-state index in [1.54, 1.807) is 0 Å². The van der Waals surface area contributed by atoms with Crippen LogP contribution in [0.3, 0.4) is 0 Å². The number of aliphatic hydroxyl groups is 12. The molecule has 0 radical (unpaired) electrons. The van der Waals surface area contributed by atoms with E-state index in [1.807, 2.05) is 20.8 Å². The van der Waals surface area contributed by atoms with Gasteiger partial charge in [-0.15, -0.1) is 0 Å². The van der Waals surface area contributed by atoms with Crippen LogP contribution in [0.4, 0.5) is 0 Å². The minimum Gasteiger partial charge on any atom is -0.394 e. The zero-order valence-electron chi connectivity index (χ0n) is 40.3. The smallest absolute Gasteiger partial charge is 0.394 e. The Labute approximate surface area is 409 Å². The minimum atomic E-state index is -1.79. The number of ether oxygens (including phenoxy) is 6. The van der Waals surface area contributed by atoms with Crippen molar-refractivity contribution >= 4 is 0 Å². The quantitative estimate of drug-likeness (QED) is 0.0852. The van der Waals surface area contributed by atoms with E-state index in [1.165, 1.54) is 0 Å². The summed E-state index contributed by atoms with van der Waals surface area (Å²) in [5, 5.41) is 129. The van der Waals surface area contributed by atoms with E-state index in [4.69, 9.17) is 28.4 Å². The van der Waals surface area contributed by atoms with Gasteiger partial charge in [-0.1, -0.05) is 46.3 Å². The maximum atomic E-state index is 12.7. The molecule has 67 heavy (non-hydrogen) atoms. The molecule has 0 aromatic heterocycles. The van der Waals surface area contributed by atoms with E-state index in [0.29, 0.717) is 25.7 Å². The minimum absolute atomic E-state index is 0. The number of fused-ring (bicyclic) bond motifs is 5. The first-order valence-electron chi connectivity index (χ1n) is 24.4. The van der Waals surface area contributed by atoms with Gasteiger partial charge in [-0.05, 0) is 124 Å². The Bertz CT molecular complexity index is 1690. The molecule has 3 heterocycles. The van der Waals surface area contributed by atoms with Crippen molar-refractivity contribution in [3.63, 3.8) is 0 Å². The van der Waals surface area contributed by atoms with Crippen LogP contribution < -0.4 is 0 Å². The maximum absolute atomic E-state index is 12.7. The second kappa shape index (κ2) is 20.9. The van der Waals surface area contributed by atoms with Crippen LogP contribution in [0.2, 0.25) is 0 Å². The monoisotopic (exact) mass is 1140 g/mol. The molecule has 2 unspecified atom stereocenters. The summed E-state index contributed by atoms with van der Waals surface area (Å²) < 4.78 is 37.2. The summed E-state index contributed by atoms with van der Waals surface area (Å²) in [5.41, 5.74) is -1.12. The topological polar surface area (TPSA) is 298 Å². The molecule has 3 aliphatic heterocycles. The predicted molar refractivity (Wildman–Crippen MR) is 234 cm³/mol. The van der Waals surface area contributed by atoms with Gasteiger partial charge in [0.25, 0.3) is 0 Å². The van der Waals surface area contributed by atoms with E-state index in [0.717, 1.165) is 37.7 Å². The van der Waals surface area contributed by atoms with E-state index in [-0.39, 0.29) is 61.0 Å². The SMILES string of the molecule is CC(C)=CCC[C@](C)(O[C@@H]1O[C@H](CO)[C@@H](O)[C@H](O)[C@H]1O)[C@H]1CC[C@]2(C)C1[C@H](O)CC1[C@@]3(C)CC[C@H](O[C@@H]4O[C@H](CO)[C@@H](O)[C@H](O)[C@H]4O[C@@H]4O[C@H](CO)[C@@H](O)[C@H](O)[C@H]4O)C(C)(C)[C@@H]3CC[C@]12C.[Pt+4]. The van der Waals surface area contributed by atoms with Gasteiger partial charge in [-0.25, -0.2) is 0 Å². The van der Waals surface area contributed by atoms with E-state index < -0.39 is 135 Å². The summed E-state index contributed by atoms with van der Waals surface area (Å²) in [6.07, 6.45) is -15.4.